The van der Waals surface area contributed by atoms with Crippen LogP contribution in [0.3, 0.4) is 0 Å². The number of amides is 1. The van der Waals surface area contributed by atoms with Crippen molar-refractivity contribution in [2.24, 2.45) is 0 Å². The van der Waals surface area contributed by atoms with Crippen molar-refractivity contribution >= 4 is 82.1 Å². The van der Waals surface area contributed by atoms with Crippen molar-refractivity contribution in [3.05, 3.63) is 111 Å². The first-order chi connectivity index (χ1) is 18.3. The zero-order valence-electron chi connectivity index (χ0n) is 20.1. The summed E-state index contributed by atoms with van der Waals surface area (Å²) < 4.78 is 57.4. The van der Waals surface area contributed by atoms with Crippen LogP contribution in [-0.2, 0) is 20.0 Å². The van der Waals surface area contributed by atoms with E-state index in [9.17, 15) is 21.6 Å². The Morgan fingerprint density at radius 2 is 1.51 bits per heavy atom. The zero-order valence-corrected chi connectivity index (χ0v) is 24.8. The number of halogens is 3. The van der Waals surface area contributed by atoms with Crippen LogP contribution in [0.15, 0.2) is 99.2 Å². The lowest BCUT2D eigenvalue weighted by Gasteiger charge is -2.14. The zero-order chi connectivity index (χ0) is 28.4. The van der Waals surface area contributed by atoms with Gasteiger partial charge >= 0.3 is 0 Å². The van der Waals surface area contributed by atoms with Gasteiger partial charge in [0, 0.05) is 20.7 Å². The lowest BCUT2D eigenvalue weighted by Crippen LogP contribution is -2.17. The Balaban J connectivity index is 1.56. The average Bonchev–Trinajstić information content (AvgIpc) is 2.87. The van der Waals surface area contributed by atoms with Crippen LogP contribution in [0.2, 0.25) is 10.0 Å². The Hall–Kier alpha value is -3.09. The van der Waals surface area contributed by atoms with Crippen molar-refractivity contribution in [3.63, 3.8) is 0 Å². The number of hydrogen-bond acceptors (Lipinski definition) is 5. The molecule has 0 aromatic heterocycles. The van der Waals surface area contributed by atoms with Gasteiger partial charge in [0.15, 0.2) is 0 Å². The highest BCUT2D eigenvalue weighted by molar-refractivity contribution is 9.10. The van der Waals surface area contributed by atoms with Crippen LogP contribution in [0.5, 0.6) is 0 Å². The van der Waals surface area contributed by atoms with Crippen LogP contribution in [-0.4, -0.2) is 22.7 Å². The molecule has 39 heavy (non-hydrogen) atoms. The smallest absolute Gasteiger partial charge is 0.263 e. The summed E-state index contributed by atoms with van der Waals surface area (Å²) in [4.78, 5) is 12.6. The number of carbonyl (C=O) groups is 1. The Labute approximate surface area is 244 Å². The Morgan fingerprint density at radius 1 is 0.769 bits per heavy atom. The molecule has 0 aliphatic heterocycles. The normalized spacial score (nSPS) is 11.6. The highest BCUT2D eigenvalue weighted by Gasteiger charge is 2.21. The average molecular weight is 669 g/mol. The maximum atomic E-state index is 13.1. The van der Waals surface area contributed by atoms with Gasteiger partial charge in [-0.1, -0.05) is 41.4 Å². The van der Waals surface area contributed by atoms with Gasteiger partial charge in [0.1, 0.15) is 4.90 Å². The number of benzene rings is 4. The third-order valence-corrected chi connectivity index (χ3v) is 9.48. The maximum Gasteiger partial charge on any atom is 0.263 e. The number of aryl methyl sites for hydroxylation is 1. The number of rotatable bonds is 8. The van der Waals surface area contributed by atoms with Gasteiger partial charge in [0.05, 0.1) is 21.3 Å². The largest absolute Gasteiger partial charge is 0.322 e. The first kappa shape index (κ1) is 28.9. The standard InChI is InChI=1S/C26H20BrCl2N3O5S2/c1-16-8-10-22(27)24(12-16)32-39(36,37)25-15-19(9-11-23(25)29)30-26(33)17-4-2-7-21(13-17)38(34,35)31-20-6-3-5-18(28)14-20/h2-15,31-32H,1H3,(H,30,33). The SMILES string of the molecule is Cc1ccc(Br)c(NS(=O)(=O)c2cc(NC(=O)c3cccc(S(=O)(=O)Nc4cccc(Cl)c4)c3)ccc2Cl)c1. The molecule has 0 heterocycles. The molecule has 0 saturated carbocycles. The van der Waals surface area contributed by atoms with Gasteiger partial charge in [-0.25, -0.2) is 16.8 Å². The molecule has 13 heteroatoms. The van der Waals surface area contributed by atoms with E-state index in [1.54, 1.807) is 30.3 Å². The Kier molecular flexibility index (Phi) is 8.57. The van der Waals surface area contributed by atoms with Gasteiger partial charge in [-0.3, -0.25) is 14.2 Å². The number of anilines is 3. The molecule has 0 aliphatic rings. The minimum Gasteiger partial charge on any atom is -0.322 e. The minimum absolute atomic E-state index is 0.0325. The highest BCUT2D eigenvalue weighted by atomic mass is 79.9. The van der Waals surface area contributed by atoms with E-state index in [1.807, 2.05) is 13.0 Å². The molecule has 0 bridgehead atoms. The van der Waals surface area contributed by atoms with Crippen LogP contribution in [0.1, 0.15) is 15.9 Å². The number of hydrogen-bond donors (Lipinski definition) is 3. The van der Waals surface area contributed by atoms with Crippen LogP contribution in [0.4, 0.5) is 17.1 Å². The van der Waals surface area contributed by atoms with Crippen molar-refractivity contribution in [3.8, 4) is 0 Å². The van der Waals surface area contributed by atoms with Crippen LogP contribution < -0.4 is 14.8 Å². The number of carbonyl (C=O) groups excluding carboxylic acids is 1. The molecule has 0 atom stereocenters. The summed E-state index contributed by atoms with van der Waals surface area (Å²) in [5, 5.41) is 2.89. The summed E-state index contributed by atoms with van der Waals surface area (Å²) in [5.41, 5.74) is 1.60. The molecule has 0 fully saturated rings. The second-order valence-electron chi connectivity index (χ2n) is 8.33. The molecular formula is C26H20BrCl2N3O5S2. The quantitative estimate of drug-likeness (QED) is 0.188. The Bertz CT molecular complexity index is 1800. The van der Waals surface area contributed by atoms with E-state index < -0.39 is 26.0 Å². The monoisotopic (exact) mass is 667 g/mol. The fourth-order valence-electron chi connectivity index (χ4n) is 3.48. The van der Waals surface area contributed by atoms with Gasteiger partial charge in [0.2, 0.25) is 0 Å². The molecule has 4 rings (SSSR count). The van der Waals surface area contributed by atoms with Crippen LogP contribution in [0, 0.1) is 6.92 Å². The molecule has 8 nitrogen and oxygen atoms in total. The van der Waals surface area contributed by atoms with Gasteiger partial charge in [-0.2, -0.15) is 0 Å². The molecular weight excluding hydrogens is 649 g/mol. The lowest BCUT2D eigenvalue weighted by molar-refractivity contribution is 0.102. The maximum absolute atomic E-state index is 13.1. The molecule has 3 N–H and O–H groups in total. The molecule has 1 amide bonds. The molecule has 4 aromatic carbocycles. The number of sulfonamides is 2. The minimum atomic E-state index is -4.13. The summed E-state index contributed by atoms with van der Waals surface area (Å²) >= 11 is 15.4. The predicted molar refractivity (Wildman–Crippen MR) is 158 cm³/mol. The molecule has 0 radical (unpaired) electrons. The van der Waals surface area contributed by atoms with Gasteiger partial charge in [-0.15, -0.1) is 0 Å². The first-order valence-corrected chi connectivity index (χ1v) is 15.6. The van der Waals surface area contributed by atoms with Crippen molar-refractivity contribution in [2.45, 2.75) is 16.7 Å². The predicted octanol–water partition coefficient (Wildman–Crippen LogP) is 6.92. The summed E-state index contributed by atoms with van der Waals surface area (Å²) in [5.74, 6) is -0.658. The molecule has 0 aliphatic carbocycles. The third kappa shape index (κ3) is 7.11. The number of nitrogens with one attached hydrogen (secondary N) is 3. The highest BCUT2D eigenvalue weighted by Crippen LogP contribution is 2.30. The second kappa shape index (κ2) is 11.6. The molecule has 0 unspecified atom stereocenters. The fourth-order valence-corrected chi connectivity index (χ4v) is 6.84. The van der Waals surface area contributed by atoms with E-state index in [1.165, 1.54) is 48.5 Å². The van der Waals surface area contributed by atoms with Gasteiger partial charge in [-0.05, 0) is 95.1 Å². The van der Waals surface area contributed by atoms with Crippen molar-refractivity contribution in [1.29, 1.82) is 0 Å². The van der Waals surface area contributed by atoms with Crippen LogP contribution >= 0.6 is 39.1 Å². The van der Waals surface area contributed by atoms with E-state index >= 15 is 0 Å². The summed E-state index contributed by atoms with van der Waals surface area (Å²) in [6.45, 7) is 1.82. The third-order valence-electron chi connectivity index (χ3n) is 5.33. The van der Waals surface area contributed by atoms with E-state index in [-0.39, 0.29) is 31.8 Å². The molecule has 202 valence electrons. The van der Waals surface area contributed by atoms with E-state index in [0.29, 0.717) is 15.2 Å². The van der Waals surface area contributed by atoms with E-state index in [2.05, 4.69) is 30.7 Å². The van der Waals surface area contributed by atoms with Crippen LogP contribution in [0.25, 0.3) is 0 Å². The second-order valence-corrected chi connectivity index (χ2v) is 13.4. The van der Waals surface area contributed by atoms with E-state index in [0.717, 1.165) is 5.56 Å². The molecule has 0 spiro atoms. The molecule has 0 saturated heterocycles. The van der Waals surface area contributed by atoms with Gasteiger partial charge < -0.3 is 5.32 Å². The summed E-state index contributed by atoms with van der Waals surface area (Å²) in [6.07, 6.45) is 0. The lowest BCUT2D eigenvalue weighted by atomic mass is 10.2. The fraction of sp³-hybridized carbons (Fsp3) is 0.0385. The topological polar surface area (TPSA) is 121 Å². The van der Waals surface area contributed by atoms with Gasteiger partial charge in [0.25, 0.3) is 26.0 Å². The van der Waals surface area contributed by atoms with Crippen molar-refractivity contribution in [1.82, 2.24) is 0 Å². The summed E-state index contributed by atoms with van der Waals surface area (Å²) in [7, 11) is -8.15. The summed E-state index contributed by atoms with van der Waals surface area (Å²) in [6, 6.07) is 20.8. The van der Waals surface area contributed by atoms with Crippen molar-refractivity contribution < 1.29 is 21.6 Å². The van der Waals surface area contributed by atoms with Crippen molar-refractivity contribution in [2.75, 3.05) is 14.8 Å². The Morgan fingerprint density at radius 3 is 2.26 bits per heavy atom. The van der Waals surface area contributed by atoms with E-state index in [4.69, 9.17) is 23.2 Å². The first-order valence-electron chi connectivity index (χ1n) is 11.1. The molecule has 4 aromatic rings.